The van der Waals surface area contributed by atoms with E-state index in [1.165, 1.54) is 0 Å². The van der Waals surface area contributed by atoms with Gasteiger partial charge in [0.25, 0.3) is 0 Å². The lowest BCUT2D eigenvalue weighted by Crippen LogP contribution is -2.48. The molecule has 1 heterocycles. The van der Waals surface area contributed by atoms with Crippen molar-refractivity contribution in [1.29, 1.82) is 0 Å². The number of carbonyl (C=O) groups is 1. The highest BCUT2D eigenvalue weighted by molar-refractivity contribution is 9.09. The predicted octanol–water partition coefficient (Wildman–Crippen LogP) is 2.89. The van der Waals surface area contributed by atoms with E-state index in [-0.39, 0.29) is 22.9 Å². The molecule has 0 spiro atoms. The third kappa shape index (κ3) is 1.40. The molecule has 0 bridgehead atoms. The highest BCUT2D eigenvalue weighted by Crippen LogP contribution is 2.54. The summed E-state index contributed by atoms with van der Waals surface area (Å²) in [4.78, 5) is 11.6. The first-order valence-corrected chi connectivity index (χ1v) is 6.10. The maximum Gasteiger partial charge on any atom is 0.306 e. The second kappa shape index (κ2) is 2.97. The Kier molecular flexibility index (Phi) is 2.22. The third-order valence-electron chi connectivity index (χ3n) is 3.85. The molecule has 0 aromatic carbocycles. The fourth-order valence-corrected chi connectivity index (χ4v) is 3.53. The minimum absolute atomic E-state index is 0.0281. The molecule has 2 rings (SSSR count). The Morgan fingerprint density at radius 3 is 2.64 bits per heavy atom. The summed E-state index contributed by atoms with van der Waals surface area (Å²) in [5, 5.41) is 0. The van der Waals surface area contributed by atoms with E-state index in [4.69, 9.17) is 4.74 Å². The van der Waals surface area contributed by atoms with E-state index in [1.807, 2.05) is 0 Å². The molecule has 0 amide bonds. The number of rotatable bonds is 0. The standard InChI is InChI=1S/C11H17BrO2/c1-10(2)4-5-11(3)6-7(13)14-9(11)8(10)12/h8-9H,4-6H2,1-3H3. The van der Waals surface area contributed by atoms with Crippen molar-refractivity contribution in [2.24, 2.45) is 10.8 Å². The summed E-state index contributed by atoms with van der Waals surface area (Å²) in [6.45, 7) is 6.64. The van der Waals surface area contributed by atoms with Crippen LogP contribution in [0.25, 0.3) is 0 Å². The molecule has 3 unspecified atom stereocenters. The number of esters is 1. The van der Waals surface area contributed by atoms with Gasteiger partial charge in [-0.1, -0.05) is 36.7 Å². The molecule has 80 valence electrons. The van der Waals surface area contributed by atoms with Gasteiger partial charge in [-0.2, -0.15) is 0 Å². The summed E-state index contributed by atoms with van der Waals surface area (Å²) in [6.07, 6.45) is 2.92. The summed E-state index contributed by atoms with van der Waals surface area (Å²) < 4.78 is 5.43. The van der Waals surface area contributed by atoms with E-state index in [9.17, 15) is 4.79 Å². The van der Waals surface area contributed by atoms with Crippen molar-refractivity contribution < 1.29 is 9.53 Å². The summed E-state index contributed by atoms with van der Waals surface area (Å²) in [6, 6.07) is 0. The molecule has 1 aliphatic carbocycles. The van der Waals surface area contributed by atoms with Crippen LogP contribution in [0.15, 0.2) is 0 Å². The van der Waals surface area contributed by atoms with E-state index in [1.54, 1.807) is 0 Å². The number of alkyl halides is 1. The van der Waals surface area contributed by atoms with Gasteiger partial charge >= 0.3 is 5.97 Å². The van der Waals surface area contributed by atoms with Gasteiger partial charge in [-0.25, -0.2) is 0 Å². The molecule has 14 heavy (non-hydrogen) atoms. The molecule has 1 saturated heterocycles. The van der Waals surface area contributed by atoms with Crippen LogP contribution in [0, 0.1) is 10.8 Å². The third-order valence-corrected chi connectivity index (χ3v) is 5.57. The molecule has 1 saturated carbocycles. The lowest BCUT2D eigenvalue weighted by molar-refractivity contribution is -0.143. The second-order valence-corrected chi connectivity index (χ2v) is 6.62. The highest BCUT2D eigenvalue weighted by Gasteiger charge is 2.55. The van der Waals surface area contributed by atoms with Crippen molar-refractivity contribution in [3.05, 3.63) is 0 Å². The Labute approximate surface area is 93.5 Å². The van der Waals surface area contributed by atoms with E-state index in [2.05, 4.69) is 36.7 Å². The van der Waals surface area contributed by atoms with Crippen molar-refractivity contribution in [3.63, 3.8) is 0 Å². The quantitative estimate of drug-likeness (QED) is 0.495. The molecule has 0 aromatic rings. The summed E-state index contributed by atoms with van der Waals surface area (Å²) in [5.74, 6) is -0.0281. The zero-order valence-corrected chi connectivity index (χ0v) is 10.6. The lowest BCUT2D eigenvalue weighted by Gasteiger charge is -2.46. The van der Waals surface area contributed by atoms with Gasteiger partial charge in [0.05, 0.1) is 11.2 Å². The monoisotopic (exact) mass is 260 g/mol. The Morgan fingerprint density at radius 2 is 2.00 bits per heavy atom. The molecule has 0 aromatic heterocycles. The summed E-state index contributed by atoms with van der Waals surface area (Å²) >= 11 is 3.70. The van der Waals surface area contributed by atoms with E-state index in [0.29, 0.717) is 11.2 Å². The van der Waals surface area contributed by atoms with Crippen LogP contribution in [-0.2, 0) is 9.53 Å². The molecule has 1 aliphatic heterocycles. The molecular formula is C11H17BrO2. The van der Waals surface area contributed by atoms with Crippen LogP contribution in [0.2, 0.25) is 0 Å². The SMILES string of the molecule is CC1(C)CCC2(C)CC(=O)OC2C1Br. The zero-order valence-electron chi connectivity index (χ0n) is 8.97. The van der Waals surface area contributed by atoms with Gasteiger partial charge in [-0.3, -0.25) is 4.79 Å². The minimum atomic E-state index is -0.0281. The maximum absolute atomic E-state index is 11.3. The van der Waals surface area contributed by atoms with Crippen molar-refractivity contribution >= 4 is 21.9 Å². The van der Waals surface area contributed by atoms with Crippen LogP contribution in [0.4, 0.5) is 0 Å². The largest absolute Gasteiger partial charge is 0.461 e. The Bertz CT molecular complexity index is 274. The van der Waals surface area contributed by atoms with Crippen LogP contribution in [0.3, 0.4) is 0 Å². The normalized spacial score (nSPS) is 45.9. The average molecular weight is 261 g/mol. The lowest BCUT2D eigenvalue weighted by atomic mass is 9.64. The number of hydrogen-bond acceptors (Lipinski definition) is 2. The first kappa shape index (κ1) is 10.5. The van der Waals surface area contributed by atoms with Crippen molar-refractivity contribution in [1.82, 2.24) is 0 Å². The molecule has 2 fully saturated rings. The topological polar surface area (TPSA) is 26.3 Å². The van der Waals surface area contributed by atoms with Crippen LogP contribution in [0.5, 0.6) is 0 Å². The van der Waals surface area contributed by atoms with E-state index < -0.39 is 0 Å². The summed E-state index contributed by atoms with van der Waals surface area (Å²) in [5.41, 5.74) is 0.301. The molecule has 2 aliphatic rings. The number of ether oxygens (including phenoxy) is 1. The second-order valence-electron chi connectivity index (χ2n) is 5.63. The molecule has 3 heteroatoms. The fraction of sp³-hybridized carbons (Fsp3) is 0.909. The van der Waals surface area contributed by atoms with Crippen molar-refractivity contribution in [2.75, 3.05) is 0 Å². The van der Waals surface area contributed by atoms with E-state index in [0.717, 1.165) is 12.8 Å². The molecule has 3 atom stereocenters. The molecule has 2 nitrogen and oxygen atoms in total. The van der Waals surface area contributed by atoms with Crippen LogP contribution in [0.1, 0.15) is 40.0 Å². The highest BCUT2D eigenvalue weighted by atomic mass is 79.9. The van der Waals surface area contributed by atoms with Gasteiger partial charge in [0.2, 0.25) is 0 Å². The Morgan fingerprint density at radius 1 is 1.36 bits per heavy atom. The molecular weight excluding hydrogens is 244 g/mol. The van der Waals surface area contributed by atoms with Crippen LogP contribution >= 0.6 is 15.9 Å². The Balaban J connectivity index is 2.28. The minimum Gasteiger partial charge on any atom is -0.461 e. The van der Waals surface area contributed by atoms with E-state index >= 15 is 0 Å². The zero-order chi connectivity index (χ0) is 10.6. The van der Waals surface area contributed by atoms with Gasteiger partial charge < -0.3 is 4.74 Å². The number of hydrogen-bond donors (Lipinski definition) is 0. The van der Waals surface area contributed by atoms with Crippen molar-refractivity contribution in [2.45, 2.75) is 51.0 Å². The molecule has 0 radical (unpaired) electrons. The number of halogens is 1. The number of fused-ring (bicyclic) bond motifs is 1. The number of carbonyl (C=O) groups excluding carboxylic acids is 1. The first-order valence-electron chi connectivity index (χ1n) is 5.19. The fourth-order valence-electron chi connectivity index (χ4n) is 2.55. The van der Waals surface area contributed by atoms with Gasteiger partial charge in [0.1, 0.15) is 6.10 Å². The Hall–Kier alpha value is -0.0500. The average Bonchev–Trinajstić information content (AvgIpc) is 2.37. The smallest absolute Gasteiger partial charge is 0.306 e. The van der Waals surface area contributed by atoms with Crippen molar-refractivity contribution in [3.8, 4) is 0 Å². The van der Waals surface area contributed by atoms with Gasteiger partial charge in [-0.15, -0.1) is 0 Å². The van der Waals surface area contributed by atoms with Gasteiger partial charge in [-0.05, 0) is 18.3 Å². The predicted molar refractivity (Wildman–Crippen MR) is 58.3 cm³/mol. The first-order chi connectivity index (χ1) is 6.35. The van der Waals surface area contributed by atoms with Crippen LogP contribution in [-0.4, -0.2) is 16.9 Å². The van der Waals surface area contributed by atoms with Gasteiger partial charge in [0, 0.05) is 5.41 Å². The van der Waals surface area contributed by atoms with Gasteiger partial charge in [0.15, 0.2) is 0 Å². The van der Waals surface area contributed by atoms with Crippen LogP contribution < -0.4 is 0 Å². The maximum atomic E-state index is 11.3. The molecule has 0 N–H and O–H groups in total. The summed E-state index contributed by atoms with van der Waals surface area (Å²) in [7, 11) is 0.